The maximum Gasteiger partial charge on any atom is 0.418 e. The number of ether oxygens (including phenoxy) is 1. The lowest BCUT2D eigenvalue weighted by atomic mass is 9.95. The first-order chi connectivity index (χ1) is 17.1. The van der Waals surface area contributed by atoms with Crippen molar-refractivity contribution in [3.8, 4) is 5.75 Å². The Labute approximate surface area is 206 Å². The van der Waals surface area contributed by atoms with Gasteiger partial charge in [-0.15, -0.1) is 0 Å². The molecule has 4 rings (SSSR count). The lowest BCUT2D eigenvalue weighted by molar-refractivity contribution is -0.139. The number of benzene rings is 3. The largest absolute Gasteiger partial charge is 0.489 e. The highest BCUT2D eigenvalue weighted by Crippen LogP contribution is 2.49. The van der Waals surface area contributed by atoms with E-state index in [9.17, 15) is 27.9 Å². The first kappa shape index (κ1) is 25.3. The Morgan fingerprint density at radius 3 is 2.39 bits per heavy atom. The van der Waals surface area contributed by atoms with E-state index in [1.165, 1.54) is 12.1 Å². The van der Waals surface area contributed by atoms with Gasteiger partial charge in [-0.25, -0.2) is 0 Å². The monoisotopic (exact) mass is 497 g/mol. The molecule has 1 aliphatic rings. The molecule has 0 aromatic heterocycles. The van der Waals surface area contributed by atoms with Crippen LogP contribution in [0.4, 0.5) is 18.9 Å². The number of carbonyl (C=O) groups is 2. The molecule has 36 heavy (non-hydrogen) atoms. The van der Waals surface area contributed by atoms with Crippen LogP contribution in [0, 0.1) is 5.92 Å². The summed E-state index contributed by atoms with van der Waals surface area (Å²) >= 11 is 0. The van der Waals surface area contributed by atoms with Crippen molar-refractivity contribution in [3.05, 3.63) is 94.5 Å². The average Bonchev–Trinajstić information content (AvgIpc) is 3.64. The molecule has 0 saturated heterocycles. The number of alkyl halides is 3. The van der Waals surface area contributed by atoms with Crippen LogP contribution in [-0.2, 0) is 17.6 Å². The van der Waals surface area contributed by atoms with Gasteiger partial charge in [-0.2, -0.15) is 13.2 Å². The van der Waals surface area contributed by atoms with Crippen molar-refractivity contribution in [2.45, 2.75) is 44.9 Å². The minimum atomic E-state index is -4.70. The van der Waals surface area contributed by atoms with E-state index in [0.29, 0.717) is 23.3 Å². The topological polar surface area (TPSA) is 75.6 Å². The number of amides is 1. The third kappa shape index (κ3) is 5.53. The number of hydrogen-bond donors (Lipinski definition) is 2. The van der Waals surface area contributed by atoms with E-state index in [2.05, 4.69) is 5.32 Å². The Kier molecular flexibility index (Phi) is 7.06. The molecule has 1 fully saturated rings. The van der Waals surface area contributed by atoms with E-state index in [1.807, 2.05) is 44.2 Å². The van der Waals surface area contributed by atoms with Gasteiger partial charge in [-0.05, 0) is 53.6 Å². The minimum absolute atomic E-state index is 0.145. The second-order valence-corrected chi connectivity index (χ2v) is 9.19. The van der Waals surface area contributed by atoms with Crippen LogP contribution in [0.1, 0.15) is 64.7 Å². The van der Waals surface area contributed by atoms with Crippen LogP contribution in [0.15, 0.2) is 66.7 Å². The maximum atomic E-state index is 13.7. The van der Waals surface area contributed by atoms with Gasteiger partial charge < -0.3 is 15.2 Å². The van der Waals surface area contributed by atoms with Crippen LogP contribution in [0.25, 0.3) is 0 Å². The molecule has 3 aromatic carbocycles. The maximum absolute atomic E-state index is 13.7. The summed E-state index contributed by atoms with van der Waals surface area (Å²) < 4.78 is 47.1. The number of hydrogen-bond acceptors (Lipinski definition) is 3. The van der Waals surface area contributed by atoms with E-state index >= 15 is 0 Å². The summed E-state index contributed by atoms with van der Waals surface area (Å²) in [5, 5.41) is 11.6. The SMILES string of the molecule is CC(C)c1c(OCc2ccccc2)cccc1C(=O)Nc1cc([C@H]2C[C@H]2C(=O)O)ccc1C(F)(F)F. The Morgan fingerprint density at radius 1 is 1.06 bits per heavy atom. The highest BCUT2D eigenvalue weighted by Gasteiger charge is 2.45. The zero-order valence-electron chi connectivity index (χ0n) is 19.8. The molecule has 188 valence electrons. The first-order valence-corrected chi connectivity index (χ1v) is 11.6. The molecule has 1 saturated carbocycles. The van der Waals surface area contributed by atoms with Crippen molar-refractivity contribution >= 4 is 17.6 Å². The van der Waals surface area contributed by atoms with Gasteiger partial charge >= 0.3 is 12.1 Å². The molecule has 0 aliphatic heterocycles. The summed E-state index contributed by atoms with van der Waals surface area (Å²) in [7, 11) is 0. The fourth-order valence-corrected chi connectivity index (χ4v) is 4.37. The molecule has 0 spiro atoms. The second-order valence-electron chi connectivity index (χ2n) is 9.19. The standard InChI is InChI=1S/C28H26F3NO4/c1-16(2)25-19(9-6-10-24(25)36-15-17-7-4-3-5-8-17)26(33)32-23-13-18(20-14-21(20)27(34)35)11-12-22(23)28(29,30)31/h3-13,16,20-21H,14-15H2,1-2H3,(H,32,33)(H,34,35)/t20-,21-/m1/s1. The Bertz CT molecular complexity index is 1270. The average molecular weight is 498 g/mol. The summed E-state index contributed by atoms with van der Waals surface area (Å²) in [5.74, 6) is -2.35. The van der Waals surface area contributed by atoms with Gasteiger partial charge in [0.15, 0.2) is 0 Å². The third-order valence-corrected chi connectivity index (χ3v) is 6.26. The number of aliphatic carboxylic acids is 1. The Morgan fingerprint density at radius 2 is 1.78 bits per heavy atom. The van der Waals surface area contributed by atoms with Crippen molar-refractivity contribution in [1.29, 1.82) is 0 Å². The van der Waals surface area contributed by atoms with E-state index in [-0.39, 0.29) is 24.0 Å². The van der Waals surface area contributed by atoms with Crippen LogP contribution in [0.2, 0.25) is 0 Å². The third-order valence-electron chi connectivity index (χ3n) is 6.26. The van der Waals surface area contributed by atoms with Crippen LogP contribution >= 0.6 is 0 Å². The number of carbonyl (C=O) groups excluding carboxylic acids is 1. The molecule has 8 heteroatoms. The van der Waals surface area contributed by atoms with Crippen molar-refractivity contribution in [1.82, 2.24) is 0 Å². The molecular formula is C28H26F3NO4. The predicted molar refractivity (Wildman–Crippen MR) is 129 cm³/mol. The molecule has 0 heterocycles. The van der Waals surface area contributed by atoms with Gasteiger partial charge in [-0.3, -0.25) is 9.59 Å². The molecule has 2 atom stereocenters. The number of rotatable bonds is 8. The van der Waals surface area contributed by atoms with Gasteiger partial charge in [0.25, 0.3) is 5.91 Å². The summed E-state index contributed by atoms with van der Waals surface area (Å²) in [6.45, 7) is 4.03. The quantitative estimate of drug-likeness (QED) is 0.357. The molecule has 0 bridgehead atoms. The highest BCUT2D eigenvalue weighted by molar-refractivity contribution is 6.06. The fraction of sp³-hybridized carbons (Fsp3) is 0.286. The second kappa shape index (κ2) is 10.0. The molecule has 2 N–H and O–H groups in total. The summed E-state index contributed by atoms with van der Waals surface area (Å²) in [6, 6.07) is 17.8. The van der Waals surface area contributed by atoms with Crippen LogP contribution in [0.3, 0.4) is 0 Å². The zero-order valence-corrected chi connectivity index (χ0v) is 19.8. The fourth-order valence-electron chi connectivity index (χ4n) is 4.37. The number of anilines is 1. The first-order valence-electron chi connectivity index (χ1n) is 11.6. The molecule has 0 radical (unpaired) electrons. The van der Waals surface area contributed by atoms with E-state index < -0.39 is 35.2 Å². The minimum Gasteiger partial charge on any atom is -0.489 e. The van der Waals surface area contributed by atoms with Crippen LogP contribution in [0.5, 0.6) is 5.75 Å². The molecule has 3 aromatic rings. The van der Waals surface area contributed by atoms with Crippen molar-refractivity contribution in [3.63, 3.8) is 0 Å². The number of carboxylic acids is 1. The Balaban J connectivity index is 1.64. The van der Waals surface area contributed by atoms with Crippen LogP contribution < -0.4 is 10.1 Å². The van der Waals surface area contributed by atoms with Gasteiger partial charge in [0.1, 0.15) is 12.4 Å². The number of carboxylic acid groups (broad SMARTS) is 1. The van der Waals surface area contributed by atoms with Crippen molar-refractivity contribution in [2.75, 3.05) is 5.32 Å². The molecule has 1 aliphatic carbocycles. The zero-order chi connectivity index (χ0) is 26.0. The van der Waals surface area contributed by atoms with Crippen LogP contribution in [-0.4, -0.2) is 17.0 Å². The normalized spacial score (nSPS) is 17.1. The summed E-state index contributed by atoms with van der Waals surface area (Å²) in [4.78, 5) is 24.5. The van der Waals surface area contributed by atoms with Crippen molar-refractivity contribution < 1.29 is 32.6 Å². The van der Waals surface area contributed by atoms with E-state index in [4.69, 9.17) is 4.74 Å². The summed E-state index contributed by atoms with van der Waals surface area (Å²) in [5.41, 5.74) is 0.803. The van der Waals surface area contributed by atoms with Crippen molar-refractivity contribution in [2.24, 2.45) is 5.92 Å². The smallest absolute Gasteiger partial charge is 0.418 e. The van der Waals surface area contributed by atoms with E-state index in [0.717, 1.165) is 11.6 Å². The molecule has 1 amide bonds. The lowest BCUT2D eigenvalue weighted by Gasteiger charge is -2.20. The Hall–Kier alpha value is -3.81. The number of halogens is 3. The van der Waals surface area contributed by atoms with Gasteiger partial charge in [0.2, 0.25) is 0 Å². The van der Waals surface area contributed by atoms with Gasteiger partial charge in [-0.1, -0.05) is 56.3 Å². The van der Waals surface area contributed by atoms with Gasteiger partial charge in [0, 0.05) is 11.1 Å². The summed E-state index contributed by atoms with van der Waals surface area (Å²) in [6.07, 6.45) is -4.34. The molecule has 5 nitrogen and oxygen atoms in total. The number of nitrogens with one attached hydrogen (secondary N) is 1. The predicted octanol–water partition coefficient (Wildman–Crippen LogP) is 6.85. The van der Waals surface area contributed by atoms with Gasteiger partial charge in [0.05, 0.1) is 17.2 Å². The molecule has 0 unspecified atom stereocenters. The highest BCUT2D eigenvalue weighted by atomic mass is 19.4. The van der Waals surface area contributed by atoms with E-state index in [1.54, 1.807) is 18.2 Å². The molecular weight excluding hydrogens is 471 g/mol. The lowest BCUT2D eigenvalue weighted by Crippen LogP contribution is -2.19.